The molecule has 2 heterocycles. The Hall–Kier alpha value is -2.23. The fourth-order valence-corrected chi connectivity index (χ4v) is 2.09. The van der Waals surface area contributed by atoms with Gasteiger partial charge >= 0.3 is 0 Å². The topological polar surface area (TPSA) is 54.9 Å². The summed E-state index contributed by atoms with van der Waals surface area (Å²) in [6.45, 7) is 2.06. The Bertz CT molecular complexity index is 528. The van der Waals surface area contributed by atoms with Gasteiger partial charge < -0.3 is 5.32 Å². The quantitative estimate of drug-likeness (QED) is 0.877. The van der Waals surface area contributed by atoms with Crippen molar-refractivity contribution >= 4 is 5.91 Å². The molecule has 0 spiro atoms. The van der Waals surface area contributed by atoms with Gasteiger partial charge in [-0.1, -0.05) is 13.0 Å². The Morgan fingerprint density at radius 1 is 1.20 bits per heavy atom. The van der Waals surface area contributed by atoms with Crippen molar-refractivity contribution in [2.24, 2.45) is 0 Å². The molecule has 1 atom stereocenters. The molecule has 0 aliphatic carbocycles. The van der Waals surface area contributed by atoms with Gasteiger partial charge in [-0.15, -0.1) is 0 Å². The highest BCUT2D eigenvalue weighted by atomic mass is 16.1. The second-order valence-corrected chi connectivity index (χ2v) is 4.67. The first-order valence-corrected chi connectivity index (χ1v) is 6.87. The number of rotatable bonds is 6. The van der Waals surface area contributed by atoms with E-state index >= 15 is 0 Å². The summed E-state index contributed by atoms with van der Waals surface area (Å²) in [5.74, 6) is 0.0671. The second kappa shape index (κ2) is 7.38. The SMILES string of the molecule is CC[C@@H](NC(=O)CCc1cccnc1)c1ccncc1. The number of pyridine rings is 2. The molecule has 0 bridgehead atoms. The van der Waals surface area contributed by atoms with Crippen LogP contribution in [0.3, 0.4) is 0 Å². The first-order chi connectivity index (χ1) is 9.79. The summed E-state index contributed by atoms with van der Waals surface area (Å²) in [5.41, 5.74) is 2.18. The van der Waals surface area contributed by atoms with Crippen LogP contribution in [0.5, 0.6) is 0 Å². The van der Waals surface area contributed by atoms with Crippen LogP contribution < -0.4 is 5.32 Å². The van der Waals surface area contributed by atoms with Crippen LogP contribution in [0.1, 0.15) is 36.9 Å². The Morgan fingerprint density at radius 2 is 2.00 bits per heavy atom. The third kappa shape index (κ3) is 4.16. The summed E-state index contributed by atoms with van der Waals surface area (Å²) in [6, 6.07) is 7.81. The molecule has 0 radical (unpaired) electrons. The maximum atomic E-state index is 12.0. The Balaban J connectivity index is 1.87. The minimum Gasteiger partial charge on any atom is -0.349 e. The number of aromatic nitrogens is 2. The molecule has 4 heteroatoms. The van der Waals surface area contributed by atoms with Crippen molar-refractivity contribution < 1.29 is 4.79 Å². The lowest BCUT2D eigenvalue weighted by atomic mass is 10.1. The first kappa shape index (κ1) is 14.2. The number of nitrogens with one attached hydrogen (secondary N) is 1. The summed E-state index contributed by atoms with van der Waals surface area (Å²) >= 11 is 0. The molecule has 20 heavy (non-hydrogen) atoms. The predicted octanol–water partition coefficient (Wildman–Crippen LogP) is 2.68. The average Bonchev–Trinajstić information content (AvgIpc) is 2.52. The molecule has 2 rings (SSSR count). The van der Waals surface area contributed by atoms with Crippen molar-refractivity contribution in [1.29, 1.82) is 0 Å². The standard InChI is InChI=1S/C16H19N3O/c1-2-15(14-7-10-17-11-8-14)19-16(20)6-5-13-4-3-9-18-12-13/h3-4,7-12,15H,2,5-6H2,1H3,(H,19,20)/t15-/m1/s1. The van der Waals surface area contributed by atoms with Crippen LogP contribution in [0.2, 0.25) is 0 Å². The van der Waals surface area contributed by atoms with Crippen LogP contribution in [-0.4, -0.2) is 15.9 Å². The van der Waals surface area contributed by atoms with Gasteiger partial charge in [0.2, 0.25) is 5.91 Å². The summed E-state index contributed by atoms with van der Waals surface area (Å²) < 4.78 is 0. The highest BCUT2D eigenvalue weighted by molar-refractivity contribution is 5.76. The summed E-state index contributed by atoms with van der Waals surface area (Å²) in [4.78, 5) is 20.1. The minimum absolute atomic E-state index is 0.0550. The van der Waals surface area contributed by atoms with Crippen LogP contribution in [0, 0.1) is 0 Å². The third-order valence-corrected chi connectivity index (χ3v) is 3.22. The van der Waals surface area contributed by atoms with E-state index in [0.717, 1.165) is 17.5 Å². The van der Waals surface area contributed by atoms with Gasteiger partial charge in [-0.25, -0.2) is 0 Å². The van der Waals surface area contributed by atoms with Crippen LogP contribution in [0.25, 0.3) is 0 Å². The van der Waals surface area contributed by atoms with Crippen molar-refractivity contribution in [2.75, 3.05) is 0 Å². The number of nitrogens with zero attached hydrogens (tertiary/aromatic N) is 2. The van der Waals surface area contributed by atoms with E-state index in [1.807, 2.05) is 24.3 Å². The molecule has 0 saturated heterocycles. The van der Waals surface area contributed by atoms with E-state index in [4.69, 9.17) is 0 Å². The van der Waals surface area contributed by atoms with Crippen molar-refractivity contribution in [2.45, 2.75) is 32.2 Å². The minimum atomic E-state index is 0.0550. The molecular weight excluding hydrogens is 250 g/mol. The van der Waals surface area contributed by atoms with Gasteiger partial charge in [0.1, 0.15) is 0 Å². The molecule has 0 aliphatic rings. The number of carbonyl (C=O) groups is 1. The molecule has 1 N–H and O–H groups in total. The highest BCUT2D eigenvalue weighted by Gasteiger charge is 2.12. The van der Waals surface area contributed by atoms with E-state index in [1.165, 1.54) is 0 Å². The maximum absolute atomic E-state index is 12.0. The zero-order chi connectivity index (χ0) is 14.2. The molecule has 4 nitrogen and oxygen atoms in total. The summed E-state index contributed by atoms with van der Waals surface area (Å²) in [6.07, 6.45) is 9.09. The van der Waals surface area contributed by atoms with Crippen LogP contribution in [0.15, 0.2) is 49.1 Å². The Morgan fingerprint density at radius 3 is 2.65 bits per heavy atom. The fourth-order valence-electron chi connectivity index (χ4n) is 2.09. The molecule has 1 amide bonds. The number of hydrogen-bond acceptors (Lipinski definition) is 3. The van der Waals surface area contributed by atoms with Gasteiger partial charge in [-0.3, -0.25) is 14.8 Å². The molecule has 0 fully saturated rings. The van der Waals surface area contributed by atoms with Gasteiger partial charge in [0, 0.05) is 31.2 Å². The summed E-state index contributed by atoms with van der Waals surface area (Å²) in [5, 5.41) is 3.07. The number of carbonyl (C=O) groups excluding carboxylic acids is 1. The van der Waals surface area contributed by atoms with E-state index in [9.17, 15) is 4.79 Å². The smallest absolute Gasteiger partial charge is 0.220 e. The lowest BCUT2D eigenvalue weighted by molar-refractivity contribution is -0.121. The molecular formula is C16H19N3O. The Labute approximate surface area is 119 Å². The van der Waals surface area contributed by atoms with Crippen molar-refractivity contribution in [3.63, 3.8) is 0 Å². The van der Waals surface area contributed by atoms with Crippen molar-refractivity contribution in [1.82, 2.24) is 15.3 Å². The van der Waals surface area contributed by atoms with Gasteiger partial charge in [-0.2, -0.15) is 0 Å². The normalized spacial score (nSPS) is 11.8. The molecule has 0 aliphatic heterocycles. The van der Waals surface area contributed by atoms with Crippen LogP contribution in [-0.2, 0) is 11.2 Å². The van der Waals surface area contributed by atoms with E-state index in [-0.39, 0.29) is 11.9 Å². The van der Waals surface area contributed by atoms with Crippen molar-refractivity contribution in [3.05, 3.63) is 60.2 Å². The van der Waals surface area contributed by atoms with Crippen LogP contribution in [0.4, 0.5) is 0 Å². The average molecular weight is 269 g/mol. The molecule has 2 aromatic heterocycles. The van der Waals surface area contributed by atoms with E-state index in [1.54, 1.807) is 24.8 Å². The number of amides is 1. The van der Waals surface area contributed by atoms with E-state index < -0.39 is 0 Å². The summed E-state index contributed by atoms with van der Waals surface area (Å²) in [7, 11) is 0. The van der Waals surface area contributed by atoms with Gasteiger partial charge in [0.15, 0.2) is 0 Å². The zero-order valence-electron chi connectivity index (χ0n) is 11.6. The van der Waals surface area contributed by atoms with Gasteiger partial charge in [0.25, 0.3) is 0 Å². The second-order valence-electron chi connectivity index (χ2n) is 4.67. The third-order valence-electron chi connectivity index (χ3n) is 3.22. The van der Waals surface area contributed by atoms with Gasteiger partial charge in [0.05, 0.1) is 6.04 Å². The first-order valence-electron chi connectivity index (χ1n) is 6.87. The maximum Gasteiger partial charge on any atom is 0.220 e. The molecule has 2 aromatic rings. The lowest BCUT2D eigenvalue weighted by Crippen LogP contribution is -2.28. The zero-order valence-corrected chi connectivity index (χ0v) is 11.6. The van der Waals surface area contributed by atoms with E-state index in [0.29, 0.717) is 12.8 Å². The number of aryl methyl sites for hydroxylation is 1. The molecule has 0 aromatic carbocycles. The number of hydrogen-bond donors (Lipinski definition) is 1. The van der Waals surface area contributed by atoms with Crippen LogP contribution >= 0.6 is 0 Å². The molecule has 0 unspecified atom stereocenters. The predicted molar refractivity (Wildman–Crippen MR) is 78.0 cm³/mol. The molecule has 0 saturated carbocycles. The monoisotopic (exact) mass is 269 g/mol. The highest BCUT2D eigenvalue weighted by Crippen LogP contribution is 2.15. The van der Waals surface area contributed by atoms with Gasteiger partial charge in [-0.05, 0) is 42.2 Å². The molecule has 104 valence electrons. The van der Waals surface area contributed by atoms with E-state index in [2.05, 4.69) is 22.2 Å². The Kier molecular flexibility index (Phi) is 5.24. The lowest BCUT2D eigenvalue weighted by Gasteiger charge is -2.17. The van der Waals surface area contributed by atoms with Crippen molar-refractivity contribution in [3.8, 4) is 0 Å². The fraction of sp³-hybridized carbons (Fsp3) is 0.312. The largest absolute Gasteiger partial charge is 0.349 e.